The van der Waals surface area contributed by atoms with Gasteiger partial charge in [-0.2, -0.15) is 0 Å². The fraction of sp³-hybridized carbons (Fsp3) is 0.200. The van der Waals surface area contributed by atoms with Crippen LogP contribution in [0.25, 0.3) is 10.9 Å². The molecule has 78 valence electrons. The average Bonchev–Trinajstić information content (AvgIpc) is 2.17. The van der Waals surface area contributed by atoms with E-state index in [0.29, 0.717) is 10.9 Å². The van der Waals surface area contributed by atoms with E-state index in [1.807, 2.05) is 13.0 Å². The zero-order valence-electron chi connectivity index (χ0n) is 8.21. The molecule has 0 N–H and O–H groups in total. The number of hydrogen-bond acceptors (Lipinski definition) is 2. The highest BCUT2D eigenvalue weighted by molar-refractivity contribution is 9.10. The number of halogens is 2. The standard InChI is InChI=1S/C10H8BrClN2O/c1-5-3-6(11)4-7-8(5)13-10(12)14(2)9(7)15/h3-4H,1-2H3. The quantitative estimate of drug-likeness (QED) is 0.698. The van der Waals surface area contributed by atoms with Crippen LogP contribution < -0.4 is 5.56 Å². The van der Waals surface area contributed by atoms with Crippen LogP contribution in [0.3, 0.4) is 0 Å². The molecule has 0 aliphatic rings. The smallest absolute Gasteiger partial charge is 0.262 e. The van der Waals surface area contributed by atoms with Crippen LogP contribution in [0, 0.1) is 6.92 Å². The molecular weight excluding hydrogens is 279 g/mol. The number of fused-ring (bicyclic) bond motifs is 1. The van der Waals surface area contributed by atoms with Crippen molar-refractivity contribution in [3.63, 3.8) is 0 Å². The Morgan fingerprint density at radius 1 is 1.47 bits per heavy atom. The number of aromatic nitrogens is 2. The molecule has 0 aliphatic carbocycles. The van der Waals surface area contributed by atoms with Crippen molar-refractivity contribution in [3.8, 4) is 0 Å². The monoisotopic (exact) mass is 286 g/mol. The lowest BCUT2D eigenvalue weighted by Crippen LogP contribution is -2.19. The molecule has 3 nitrogen and oxygen atoms in total. The Hall–Kier alpha value is -0.870. The van der Waals surface area contributed by atoms with Crippen LogP contribution in [0.5, 0.6) is 0 Å². The molecule has 0 amide bonds. The summed E-state index contributed by atoms with van der Waals surface area (Å²) in [4.78, 5) is 16.1. The Labute approximate surface area is 99.8 Å². The Balaban J connectivity index is 3.06. The Bertz CT molecular complexity index is 606. The number of benzene rings is 1. The first-order chi connectivity index (χ1) is 7.00. The zero-order valence-corrected chi connectivity index (χ0v) is 10.6. The molecular formula is C10H8BrClN2O. The van der Waals surface area contributed by atoms with Gasteiger partial charge in [0.05, 0.1) is 10.9 Å². The van der Waals surface area contributed by atoms with Crippen LogP contribution in [0.4, 0.5) is 0 Å². The molecule has 15 heavy (non-hydrogen) atoms. The van der Waals surface area contributed by atoms with E-state index in [2.05, 4.69) is 20.9 Å². The normalized spacial score (nSPS) is 10.9. The largest absolute Gasteiger partial charge is 0.286 e. The van der Waals surface area contributed by atoms with Crippen molar-refractivity contribution in [2.45, 2.75) is 6.92 Å². The van der Waals surface area contributed by atoms with E-state index in [9.17, 15) is 4.79 Å². The summed E-state index contributed by atoms with van der Waals surface area (Å²) in [5.74, 6) is 0. The highest BCUT2D eigenvalue weighted by atomic mass is 79.9. The number of rotatable bonds is 0. The van der Waals surface area contributed by atoms with Gasteiger partial charge in [0.1, 0.15) is 0 Å². The van der Waals surface area contributed by atoms with Crippen molar-refractivity contribution in [1.82, 2.24) is 9.55 Å². The summed E-state index contributed by atoms with van der Waals surface area (Å²) >= 11 is 9.20. The summed E-state index contributed by atoms with van der Waals surface area (Å²) in [5, 5.41) is 0.784. The van der Waals surface area contributed by atoms with Gasteiger partial charge in [-0.1, -0.05) is 15.9 Å². The van der Waals surface area contributed by atoms with Crippen LogP contribution in [0.15, 0.2) is 21.4 Å². The van der Waals surface area contributed by atoms with E-state index in [4.69, 9.17) is 11.6 Å². The fourth-order valence-corrected chi connectivity index (χ4v) is 2.21. The lowest BCUT2D eigenvalue weighted by molar-refractivity contribution is 0.843. The van der Waals surface area contributed by atoms with E-state index in [1.54, 1.807) is 13.1 Å². The van der Waals surface area contributed by atoms with Gasteiger partial charge in [0.25, 0.3) is 5.56 Å². The van der Waals surface area contributed by atoms with E-state index >= 15 is 0 Å². The first-order valence-corrected chi connectivity index (χ1v) is 5.50. The van der Waals surface area contributed by atoms with Crippen molar-refractivity contribution in [2.24, 2.45) is 7.05 Å². The third-order valence-electron chi connectivity index (χ3n) is 2.28. The average molecular weight is 288 g/mol. The SMILES string of the molecule is Cc1cc(Br)cc2c(=O)n(C)c(Cl)nc12. The molecule has 0 spiro atoms. The summed E-state index contributed by atoms with van der Waals surface area (Å²) in [6.07, 6.45) is 0. The highest BCUT2D eigenvalue weighted by Crippen LogP contribution is 2.21. The highest BCUT2D eigenvalue weighted by Gasteiger charge is 2.09. The minimum absolute atomic E-state index is 0.130. The molecule has 1 aromatic carbocycles. The van der Waals surface area contributed by atoms with Gasteiger partial charge in [0, 0.05) is 11.5 Å². The van der Waals surface area contributed by atoms with Gasteiger partial charge >= 0.3 is 0 Å². The minimum Gasteiger partial charge on any atom is -0.286 e. The van der Waals surface area contributed by atoms with Crippen LogP contribution in [0.2, 0.25) is 5.28 Å². The van der Waals surface area contributed by atoms with Crippen LogP contribution in [0.1, 0.15) is 5.56 Å². The van der Waals surface area contributed by atoms with E-state index in [-0.39, 0.29) is 10.8 Å². The Morgan fingerprint density at radius 2 is 2.13 bits per heavy atom. The van der Waals surface area contributed by atoms with E-state index in [0.717, 1.165) is 10.0 Å². The zero-order chi connectivity index (χ0) is 11.2. The van der Waals surface area contributed by atoms with Crippen molar-refractivity contribution in [3.05, 3.63) is 37.8 Å². The molecule has 2 rings (SSSR count). The molecule has 5 heteroatoms. The second kappa shape index (κ2) is 3.61. The first kappa shape index (κ1) is 10.6. The van der Waals surface area contributed by atoms with Gasteiger partial charge in [-0.05, 0) is 36.2 Å². The second-order valence-corrected chi connectivity index (χ2v) is 4.62. The van der Waals surface area contributed by atoms with Crippen molar-refractivity contribution < 1.29 is 0 Å². The predicted octanol–water partition coefficient (Wildman–Crippen LogP) is 2.66. The number of nitrogens with zero attached hydrogens (tertiary/aromatic N) is 2. The van der Waals surface area contributed by atoms with Gasteiger partial charge in [0.15, 0.2) is 0 Å². The van der Waals surface area contributed by atoms with Crippen molar-refractivity contribution in [2.75, 3.05) is 0 Å². The molecule has 1 aromatic heterocycles. The van der Waals surface area contributed by atoms with Gasteiger partial charge in [0.2, 0.25) is 5.28 Å². The Kier molecular flexibility index (Phi) is 2.56. The summed E-state index contributed by atoms with van der Waals surface area (Å²) in [5.41, 5.74) is 1.46. The fourth-order valence-electron chi connectivity index (χ4n) is 1.48. The van der Waals surface area contributed by atoms with Gasteiger partial charge < -0.3 is 0 Å². The van der Waals surface area contributed by atoms with Crippen LogP contribution in [-0.2, 0) is 7.05 Å². The van der Waals surface area contributed by atoms with Crippen LogP contribution >= 0.6 is 27.5 Å². The molecule has 1 heterocycles. The molecule has 0 unspecified atom stereocenters. The predicted molar refractivity (Wildman–Crippen MR) is 64.4 cm³/mol. The first-order valence-electron chi connectivity index (χ1n) is 4.33. The molecule has 0 saturated carbocycles. The molecule has 0 atom stereocenters. The van der Waals surface area contributed by atoms with E-state index in [1.165, 1.54) is 4.57 Å². The maximum absolute atomic E-state index is 11.9. The van der Waals surface area contributed by atoms with Crippen molar-refractivity contribution >= 4 is 38.4 Å². The summed E-state index contributed by atoms with van der Waals surface area (Å²) < 4.78 is 2.20. The van der Waals surface area contributed by atoms with Gasteiger partial charge in [-0.25, -0.2) is 4.98 Å². The molecule has 0 fully saturated rings. The lowest BCUT2D eigenvalue weighted by atomic mass is 10.1. The minimum atomic E-state index is -0.130. The van der Waals surface area contributed by atoms with Gasteiger partial charge in [-0.3, -0.25) is 9.36 Å². The summed E-state index contributed by atoms with van der Waals surface area (Å²) in [6.45, 7) is 1.90. The maximum atomic E-state index is 11.9. The van der Waals surface area contributed by atoms with Crippen molar-refractivity contribution in [1.29, 1.82) is 0 Å². The van der Waals surface area contributed by atoms with E-state index < -0.39 is 0 Å². The summed E-state index contributed by atoms with van der Waals surface area (Å²) in [6, 6.07) is 3.67. The number of hydrogen-bond donors (Lipinski definition) is 0. The topological polar surface area (TPSA) is 34.9 Å². The second-order valence-electron chi connectivity index (χ2n) is 3.36. The number of aryl methyl sites for hydroxylation is 1. The summed E-state index contributed by atoms with van der Waals surface area (Å²) in [7, 11) is 1.60. The molecule has 2 aromatic rings. The van der Waals surface area contributed by atoms with Gasteiger partial charge in [-0.15, -0.1) is 0 Å². The maximum Gasteiger partial charge on any atom is 0.262 e. The third-order valence-corrected chi connectivity index (χ3v) is 3.08. The molecule has 0 bridgehead atoms. The molecule has 0 saturated heterocycles. The molecule has 0 aliphatic heterocycles. The molecule has 0 radical (unpaired) electrons. The lowest BCUT2D eigenvalue weighted by Gasteiger charge is -2.06. The Morgan fingerprint density at radius 3 is 2.80 bits per heavy atom. The third kappa shape index (κ3) is 1.68. The van der Waals surface area contributed by atoms with Crippen LogP contribution in [-0.4, -0.2) is 9.55 Å².